The average molecular weight is 439 g/mol. The highest BCUT2D eigenvalue weighted by molar-refractivity contribution is 5.79. The van der Waals surface area contributed by atoms with Gasteiger partial charge >= 0.3 is 0 Å². The van der Waals surface area contributed by atoms with Crippen molar-refractivity contribution in [1.82, 2.24) is 44.6 Å². The number of benzene rings is 1. The Morgan fingerprint density at radius 2 is 2.03 bits per heavy atom. The minimum atomic E-state index is 0.224. The molecule has 4 aromatic heterocycles. The first kappa shape index (κ1) is 19.5. The number of nitrogens with zero attached hydrogens (tertiary/aromatic N) is 9. The summed E-state index contributed by atoms with van der Waals surface area (Å²) in [5.41, 5.74) is 4.73. The molecule has 0 N–H and O–H groups in total. The van der Waals surface area contributed by atoms with Gasteiger partial charge in [-0.15, -0.1) is 5.10 Å². The molecule has 1 aliphatic heterocycles. The van der Waals surface area contributed by atoms with E-state index in [1.807, 2.05) is 40.0 Å². The zero-order valence-corrected chi connectivity index (χ0v) is 17.9. The molecule has 1 fully saturated rings. The van der Waals surface area contributed by atoms with Crippen LogP contribution in [0.25, 0.3) is 33.5 Å². The van der Waals surface area contributed by atoms with Crippen molar-refractivity contribution in [3.8, 4) is 11.3 Å². The van der Waals surface area contributed by atoms with Gasteiger partial charge in [-0.2, -0.15) is 5.10 Å². The van der Waals surface area contributed by atoms with E-state index in [4.69, 9.17) is 4.98 Å². The number of fused-ring (bicyclic) bond motifs is 2. The van der Waals surface area contributed by atoms with Crippen molar-refractivity contribution < 1.29 is 4.79 Å². The third-order valence-corrected chi connectivity index (χ3v) is 5.93. The molecular formula is C23H21N9O. The van der Waals surface area contributed by atoms with Crippen molar-refractivity contribution >= 4 is 28.1 Å². The molecule has 5 heterocycles. The van der Waals surface area contributed by atoms with E-state index in [1.165, 1.54) is 0 Å². The van der Waals surface area contributed by atoms with E-state index in [0.717, 1.165) is 35.0 Å². The van der Waals surface area contributed by atoms with Crippen LogP contribution in [0.15, 0.2) is 55.1 Å². The van der Waals surface area contributed by atoms with Crippen molar-refractivity contribution in [1.29, 1.82) is 0 Å². The van der Waals surface area contributed by atoms with E-state index in [0.29, 0.717) is 43.0 Å². The second-order valence-electron chi connectivity index (χ2n) is 8.16. The molecule has 33 heavy (non-hydrogen) atoms. The molecule has 10 nitrogen and oxygen atoms in total. The highest BCUT2D eigenvalue weighted by Gasteiger charge is 2.19. The number of rotatable bonds is 6. The normalized spacial score (nSPS) is 14.1. The van der Waals surface area contributed by atoms with Gasteiger partial charge in [0.2, 0.25) is 11.6 Å². The predicted octanol–water partition coefficient (Wildman–Crippen LogP) is 2.30. The summed E-state index contributed by atoms with van der Waals surface area (Å²) >= 11 is 0. The van der Waals surface area contributed by atoms with Crippen LogP contribution < -0.4 is 0 Å². The minimum Gasteiger partial charge on any atom is -0.341 e. The lowest BCUT2D eigenvalue weighted by molar-refractivity contribution is -0.127. The highest BCUT2D eigenvalue weighted by Crippen LogP contribution is 2.20. The van der Waals surface area contributed by atoms with Crippen LogP contribution in [0.4, 0.5) is 0 Å². The molecule has 0 saturated carbocycles. The Morgan fingerprint density at radius 3 is 2.94 bits per heavy atom. The smallest absolute Gasteiger partial charge is 0.222 e. The van der Waals surface area contributed by atoms with Crippen molar-refractivity contribution in [2.75, 3.05) is 13.1 Å². The minimum absolute atomic E-state index is 0.224. The zero-order valence-electron chi connectivity index (χ0n) is 17.9. The number of carbonyl (C=O) groups is 1. The van der Waals surface area contributed by atoms with Crippen LogP contribution in [0.1, 0.15) is 18.4 Å². The first-order chi connectivity index (χ1) is 16.2. The molecule has 1 amide bonds. The summed E-state index contributed by atoms with van der Waals surface area (Å²) in [5.74, 6) is 0.224. The fraction of sp³-hybridized carbons (Fsp3) is 0.261. The van der Waals surface area contributed by atoms with Crippen molar-refractivity contribution in [3.05, 3.63) is 60.7 Å². The van der Waals surface area contributed by atoms with Crippen LogP contribution in [-0.2, 0) is 17.9 Å². The van der Waals surface area contributed by atoms with E-state index < -0.39 is 0 Å². The monoisotopic (exact) mass is 439 g/mol. The summed E-state index contributed by atoms with van der Waals surface area (Å²) in [4.78, 5) is 27.3. The Hall–Kier alpha value is -4.21. The van der Waals surface area contributed by atoms with Gasteiger partial charge in [0.1, 0.15) is 0 Å². The largest absolute Gasteiger partial charge is 0.341 e. The molecule has 0 bridgehead atoms. The van der Waals surface area contributed by atoms with Gasteiger partial charge in [0.05, 0.1) is 36.7 Å². The number of hydrogen-bond donors (Lipinski definition) is 0. The summed E-state index contributed by atoms with van der Waals surface area (Å²) in [5, 5.41) is 13.9. The molecule has 1 saturated heterocycles. The van der Waals surface area contributed by atoms with Crippen molar-refractivity contribution in [2.45, 2.75) is 25.9 Å². The van der Waals surface area contributed by atoms with Crippen LogP contribution in [0.5, 0.6) is 0 Å². The van der Waals surface area contributed by atoms with Crippen molar-refractivity contribution in [2.24, 2.45) is 0 Å². The van der Waals surface area contributed by atoms with Gasteiger partial charge in [-0.25, -0.2) is 14.6 Å². The number of amides is 1. The van der Waals surface area contributed by atoms with E-state index in [9.17, 15) is 4.79 Å². The van der Waals surface area contributed by atoms with Crippen molar-refractivity contribution in [3.63, 3.8) is 0 Å². The van der Waals surface area contributed by atoms with Gasteiger partial charge in [-0.05, 0) is 30.2 Å². The number of carbonyl (C=O) groups excluding carboxylic acids is 1. The molecular weight excluding hydrogens is 418 g/mol. The molecule has 10 heteroatoms. The van der Waals surface area contributed by atoms with E-state index in [2.05, 4.69) is 31.4 Å². The number of aromatic nitrogens is 8. The van der Waals surface area contributed by atoms with Crippen LogP contribution in [0, 0.1) is 0 Å². The molecule has 0 aliphatic carbocycles. The Morgan fingerprint density at radius 1 is 1.06 bits per heavy atom. The maximum atomic E-state index is 11.8. The lowest BCUT2D eigenvalue weighted by Gasteiger charge is -2.14. The van der Waals surface area contributed by atoms with E-state index in [-0.39, 0.29) is 5.91 Å². The van der Waals surface area contributed by atoms with Crippen LogP contribution in [-0.4, -0.2) is 63.6 Å². The molecule has 0 unspecified atom stereocenters. The Labute approximate surface area is 188 Å². The Balaban J connectivity index is 1.23. The lowest BCUT2D eigenvalue weighted by atomic mass is 10.1. The number of hydrogen-bond acceptors (Lipinski definition) is 7. The second kappa shape index (κ2) is 8.05. The second-order valence-corrected chi connectivity index (χ2v) is 8.16. The standard InChI is InChI=1S/C23H21N9O/c33-21-4-2-8-30(21)9-10-31-15-18(12-26-31)20-13-25-22-23(27-20)32(29-28-22)14-16-5-6-19-17(11-16)3-1-7-24-19/h1,3,5-7,11-13,15H,2,4,8-10,14H2. The SMILES string of the molecule is O=C1CCCN1CCn1cc(-c2cnc3nnn(Cc4ccc5ncccc5c4)c3n2)cn1. The molecule has 0 spiro atoms. The van der Waals surface area contributed by atoms with Gasteiger partial charge < -0.3 is 4.90 Å². The van der Waals surface area contributed by atoms with Gasteiger partial charge in [-0.1, -0.05) is 17.3 Å². The van der Waals surface area contributed by atoms with Crippen LogP contribution in [0.2, 0.25) is 0 Å². The van der Waals surface area contributed by atoms with Gasteiger partial charge in [0.15, 0.2) is 5.65 Å². The first-order valence-electron chi connectivity index (χ1n) is 10.9. The average Bonchev–Trinajstić information content (AvgIpc) is 3.58. The maximum absolute atomic E-state index is 11.8. The summed E-state index contributed by atoms with van der Waals surface area (Å²) in [6.45, 7) is 2.68. The topological polar surface area (TPSA) is 108 Å². The highest BCUT2D eigenvalue weighted by atomic mass is 16.2. The molecule has 164 valence electrons. The summed E-state index contributed by atoms with van der Waals surface area (Å²) in [6.07, 6.45) is 8.77. The third kappa shape index (κ3) is 3.79. The van der Waals surface area contributed by atoms with Gasteiger partial charge in [0.25, 0.3) is 0 Å². The lowest BCUT2D eigenvalue weighted by Crippen LogP contribution is -2.28. The molecule has 5 aromatic rings. The maximum Gasteiger partial charge on any atom is 0.222 e. The van der Waals surface area contributed by atoms with Crippen LogP contribution in [0.3, 0.4) is 0 Å². The number of likely N-dealkylation sites (tertiary alicyclic amines) is 1. The summed E-state index contributed by atoms with van der Waals surface area (Å²) in [6, 6.07) is 10.1. The summed E-state index contributed by atoms with van der Waals surface area (Å²) < 4.78 is 3.60. The molecule has 1 aromatic carbocycles. The fourth-order valence-electron chi connectivity index (χ4n) is 4.18. The number of pyridine rings is 1. The Bertz CT molecular complexity index is 1470. The predicted molar refractivity (Wildman–Crippen MR) is 121 cm³/mol. The molecule has 0 radical (unpaired) electrons. The molecule has 6 rings (SSSR count). The molecule has 0 atom stereocenters. The van der Waals surface area contributed by atoms with Gasteiger partial charge in [-0.3, -0.25) is 14.5 Å². The zero-order chi connectivity index (χ0) is 22.2. The van der Waals surface area contributed by atoms with E-state index >= 15 is 0 Å². The third-order valence-electron chi connectivity index (χ3n) is 5.93. The fourth-order valence-corrected chi connectivity index (χ4v) is 4.18. The quantitative estimate of drug-likeness (QED) is 0.399. The summed E-state index contributed by atoms with van der Waals surface area (Å²) in [7, 11) is 0. The van der Waals surface area contributed by atoms with Gasteiger partial charge in [0, 0.05) is 42.9 Å². The van der Waals surface area contributed by atoms with E-state index in [1.54, 1.807) is 23.3 Å². The first-order valence-corrected chi connectivity index (χ1v) is 10.9. The Kier molecular flexibility index (Phi) is 4.75. The molecule has 1 aliphatic rings. The van der Waals surface area contributed by atoms with Crippen LogP contribution >= 0.6 is 0 Å².